The van der Waals surface area contributed by atoms with Crippen LogP contribution in [0.3, 0.4) is 0 Å². The van der Waals surface area contributed by atoms with Crippen molar-refractivity contribution in [2.45, 2.75) is 13.5 Å². The van der Waals surface area contributed by atoms with Gasteiger partial charge in [0.05, 0.1) is 13.7 Å². The van der Waals surface area contributed by atoms with Crippen molar-refractivity contribution >= 4 is 29.6 Å². The molecule has 4 rings (SSSR count). The number of nitrogens with one attached hydrogen (secondary N) is 1. The van der Waals surface area contributed by atoms with E-state index < -0.39 is 6.03 Å². The van der Waals surface area contributed by atoms with E-state index in [1.807, 2.05) is 47.9 Å². The highest BCUT2D eigenvalue weighted by atomic mass is 35.5. The molecule has 1 fully saturated rings. The molecular formula is C23H20ClN3O3. The van der Waals surface area contributed by atoms with Gasteiger partial charge >= 0.3 is 6.03 Å². The highest BCUT2D eigenvalue weighted by Gasteiger charge is 2.33. The summed E-state index contributed by atoms with van der Waals surface area (Å²) in [5.74, 6) is 0.398. The number of amides is 3. The number of rotatable bonds is 5. The highest BCUT2D eigenvalue weighted by Crippen LogP contribution is 2.23. The molecule has 0 spiro atoms. The summed E-state index contributed by atoms with van der Waals surface area (Å²) < 4.78 is 7.23. The van der Waals surface area contributed by atoms with E-state index in [2.05, 4.69) is 5.32 Å². The van der Waals surface area contributed by atoms with Crippen molar-refractivity contribution < 1.29 is 14.3 Å². The Hall–Kier alpha value is -3.51. The van der Waals surface area contributed by atoms with Gasteiger partial charge in [-0.2, -0.15) is 0 Å². The quantitative estimate of drug-likeness (QED) is 0.486. The number of hydrogen-bond donors (Lipinski definition) is 1. The van der Waals surface area contributed by atoms with Gasteiger partial charge in [0, 0.05) is 22.1 Å². The zero-order valence-corrected chi connectivity index (χ0v) is 17.3. The molecule has 1 aromatic heterocycles. The second kappa shape index (κ2) is 8.08. The van der Waals surface area contributed by atoms with E-state index in [9.17, 15) is 9.59 Å². The molecular weight excluding hydrogens is 402 g/mol. The lowest BCUT2D eigenvalue weighted by atomic mass is 10.2. The van der Waals surface area contributed by atoms with Crippen LogP contribution in [-0.2, 0) is 11.3 Å². The third-order valence-corrected chi connectivity index (χ3v) is 5.20. The Kier molecular flexibility index (Phi) is 5.33. The van der Waals surface area contributed by atoms with E-state index in [0.29, 0.717) is 5.02 Å². The summed E-state index contributed by atoms with van der Waals surface area (Å²) in [6.45, 7) is 2.16. The van der Waals surface area contributed by atoms with Crippen LogP contribution in [0.25, 0.3) is 11.8 Å². The third kappa shape index (κ3) is 3.82. The molecule has 3 amide bonds. The maximum absolute atomic E-state index is 12.9. The van der Waals surface area contributed by atoms with E-state index in [1.54, 1.807) is 37.5 Å². The van der Waals surface area contributed by atoms with Crippen LogP contribution in [0.4, 0.5) is 4.79 Å². The van der Waals surface area contributed by atoms with Crippen LogP contribution in [0.1, 0.15) is 17.0 Å². The van der Waals surface area contributed by atoms with Crippen molar-refractivity contribution in [2.75, 3.05) is 7.11 Å². The minimum atomic E-state index is -0.444. The van der Waals surface area contributed by atoms with Crippen LogP contribution in [-0.4, -0.2) is 28.5 Å². The monoisotopic (exact) mass is 421 g/mol. The summed E-state index contributed by atoms with van der Waals surface area (Å²) in [5.41, 5.74) is 3.78. The van der Waals surface area contributed by atoms with Gasteiger partial charge in [-0.25, -0.2) is 4.79 Å². The number of nitrogens with zero attached hydrogens (tertiary/aromatic N) is 2. The highest BCUT2D eigenvalue weighted by molar-refractivity contribution is 6.30. The molecule has 1 N–H and O–H groups in total. The van der Waals surface area contributed by atoms with Crippen LogP contribution in [0.15, 0.2) is 66.4 Å². The number of imide groups is 1. The number of ether oxygens (including phenoxy) is 1. The molecule has 1 aliphatic rings. The van der Waals surface area contributed by atoms with Gasteiger partial charge in [0.25, 0.3) is 5.91 Å². The summed E-state index contributed by atoms with van der Waals surface area (Å²) in [5, 5.41) is 3.28. The summed E-state index contributed by atoms with van der Waals surface area (Å²) in [4.78, 5) is 26.4. The topological polar surface area (TPSA) is 63.6 Å². The van der Waals surface area contributed by atoms with Crippen molar-refractivity contribution in [1.82, 2.24) is 14.8 Å². The first-order valence-electron chi connectivity index (χ1n) is 9.38. The Balaban J connectivity index is 1.61. The molecule has 7 heteroatoms. The van der Waals surface area contributed by atoms with Gasteiger partial charge in [-0.3, -0.25) is 9.69 Å². The molecule has 0 aliphatic carbocycles. The number of urea groups is 1. The molecule has 30 heavy (non-hydrogen) atoms. The van der Waals surface area contributed by atoms with Gasteiger partial charge in [-0.15, -0.1) is 0 Å². The number of aryl methyl sites for hydroxylation is 1. The van der Waals surface area contributed by atoms with Gasteiger partial charge in [0.2, 0.25) is 0 Å². The van der Waals surface area contributed by atoms with Gasteiger partial charge < -0.3 is 14.6 Å². The van der Waals surface area contributed by atoms with Crippen molar-refractivity contribution in [3.63, 3.8) is 0 Å². The molecule has 0 radical (unpaired) electrons. The molecule has 2 aromatic carbocycles. The summed E-state index contributed by atoms with van der Waals surface area (Å²) >= 11 is 5.91. The minimum absolute atomic E-state index is 0.178. The number of halogens is 1. The Labute approximate surface area is 179 Å². The van der Waals surface area contributed by atoms with Crippen molar-refractivity contribution in [1.29, 1.82) is 0 Å². The lowest BCUT2D eigenvalue weighted by Crippen LogP contribution is -2.30. The SMILES string of the molecule is COc1ccc(-n2c(C)ccc2/C=C2\NC(=O)N(Cc3ccc(Cl)cc3)C2=O)cc1. The lowest BCUT2D eigenvalue weighted by molar-refractivity contribution is -0.123. The zero-order valence-electron chi connectivity index (χ0n) is 16.6. The normalized spacial score (nSPS) is 15.0. The molecule has 0 saturated carbocycles. The first kappa shape index (κ1) is 19.8. The number of methoxy groups -OCH3 is 1. The second-order valence-electron chi connectivity index (χ2n) is 6.94. The maximum Gasteiger partial charge on any atom is 0.329 e. The Bertz CT molecular complexity index is 1130. The largest absolute Gasteiger partial charge is 0.497 e. The van der Waals surface area contributed by atoms with E-state index in [0.717, 1.165) is 28.4 Å². The zero-order chi connectivity index (χ0) is 21.3. The molecule has 2 heterocycles. The molecule has 1 aliphatic heterocycles. The van der Waals surface area contributed by atoms with Crippen LogP contribution in [0, 0.1) is 6.92 Å². The number of carbonyl (C=O) groups is 2. The van der Waals surface area contributed by atoms with Crippen molar-refractivity contribution in [3.8, 4) is 11.4 Å². The predicted octanol–water partition coefficient (Wildman–Crippen LogP) is 4.54. The van der Waals surface area contributed by atoms with Crippen molar-refractivity contribution in [2.24, 2.45) is 0 Å². The summed E-state index contributed by atoms with van der Waals surface area (Å²) in [6, 6.07) is 18.1. The van der Waals surface area contributed by atoms with E-state index in [-0.39, 0.29) is 18.1 Å². The fourth-order valence-electron chi connectivity index (χ4n) is 3.39. The van der Waals surface area contributed by atoms with E-state index in [1.165, 1.54) is 4.90 Å². The van der Waals surface area contributed by atoms with E-state index >= 15 is 0 Å². The van der Waals surface area contributed by atoms with Crippen LogP contribution in [0.2, 0.25) is 5.02 Å². The fourth-order valence-corrected chi connectivity index (χ4v) is 3.52. The number of benzene rings is 2. The van der Waals surface area contributed by atoms with Gasteiger partial charge in [0.15, 0.2) is 0 Å². The smallest absolute Gasteiger partial charge is 0.329 e. The summed E-state index contributed by atoms with van der Waals surface area (Å²) in [6.07, 6.45) is 1.69. The molecule has 152 valence electrons. The van der Waals surface area contributed by atoms with Gasteiger partial charge in [0.1, 0.15) is 11.4 Å². The minimum Gasteiger partial charge on any atom is -0.497 e. The van der Waals surface area contributed by atoms with Crippen LogP contribution >= 0.6 is 11.6 Å². The fraction of sp³-hybridized carbons (Fsp3) is 0.130. The van der Waals surface area contributed by atoms with Gasteiger partial charge in [-0.05, 0) is 67.1 Å². The number of carbonyl (C=O) groups excluding carboxylic acids is 2. The molecule has 6 nitrogen and oxygen atoms in total. The Morgan fingerprint density at radius 2 is 1.70 bits per heavy atom. The summed E-state index contributed by atoms with van der Waals surface area (Å²) in [7, 11) is 1.62. The van der Waals surface area contributed by atoms with E-state index in [4.69, 9.17) is 16.3 Å². The second-order valence-corrected chi connectivity index (χ2v) is 7.38. The Morgan fingerprint density at radius 3 is 2.37 bits per heavy atom. The third-order valence-electron chi connectivity index (χ3n) is 4.95. The number of hydrogen-bond acceptors (Lipinski definition) is 3. The first-order chi connectivity index (χ1) is 14.5. The lowest BCUT2D eigenvalue weighted by Gasteiger charge is -2.12. The average Bonchev–Trinajstić information content (AvgIpc) is 3.24. The van der Waals surface area contributed by atoms with Crippen LogP contribution < -0.4 is 10.1 Å². The molecule has 1 saturated heterocycles. The first-order valence-corrected chi connectivity index (χ1v) is 9.76. The standard InChI is InChI=1S/C23H20ClN3O3/c1-15-3-8-19(27(15)18-9-11-20(30-2)12-10-18)13-21-22(28)26(23(29)25-21)14-16-4-6-17(24)7-5-16/h3-13H,14H2,1-2H3,(H,25,29)/b21-13-. The number of aromatic nitrogens is 1. The van der Waals surface area contributed by atoms with Crippen LogP contribution in [0.5, 0.6) is 5.75 Å². The molecule has 3 aromatic rings. The Morgan fingerprint density at radius 1 is 1.00 bits per heavy atom. The average molecular weight is 422 g/mol. The van der Waals surface area contributed by atoms with Gasteiger partial charge in [-0.1, -0.05) is 23.7 Å². The maximum atomic E-state index is 12.9. The molecule has 0 unspecified atom stereocenters. The molecule has 0 bridgehead atoms. The van der Waals surface area contributed by atoms with Crippen molar-refractivity contribution in [3.05, 3.63) is 88.3 Å². The predicted molar refractivity (Wildman–Crippen MR) is 116 cm³/mol. The molecule has 0 atom stereocenters.